The Morgan fingerprint density at radius 1 is 1.09 bits per heavy atom. The minimum Gasteiger partial charge on any atom is -0.466 e. The molecule has 35 heavy (non-hydrogen) atoms. The molecule has 3 rings (SSSR count). The van der Waals surface area contributed by atoms with Crippen LogP contribution in [0.1, 0.15) is 53.0 Å². The van der Waals surface area contributed by atoms with Gasteiger partial charge in [0.1, 0.15) is 0 Å². The third-order valence-electron chi connectivity index (χ3n) is 5.85. The molecule has 0 spiro atoms. The second-order valence-electron chi connectivity index (χ2n) is 9.81. The minimum absolute atomic E-state index is 0.133. The van der Waals surface area contributed by atoms with Gasteiger partial charge in [0, 0.05) is 23.3 Å². The number of hydrazine groups is 1. The van der Waals surface area contributed by atoms with E-state index in [2.05, 4.69) is 22.1 Å². The average Bonchev–Trinajstić information content (AvgIpc) is 3.15. The van der Waals surface area contributed by atoms with E-state index in [-0.39, 0.29) is 16.9 Å². The van der Waals surface area contributed by atoms with E-state index in [0.29, 0.717) is 24.0 Å². The van der Waals surface area contributed by atoms with Gasteiger partial charge < -0.3 is 10.2 Å². The molecule has 0 saturated carbocycles. The lowest BCUT2D eigenvalue weighted by Crippen LogP contribution is -2.41. The van der Waals surface area contributed by atoms with Crippen LogP contribution in [0.5, 0.6) is 0 Å². The molecule has 0 saturated heterocycles. The standard InChI is InChI=1S/C27H37N3O4S/c1-7-17-30-23(25(26(31)34-6)22(8-2)28-30)18-19-13-15-20(16-14-19)21-11-9-10-12-24(21)35(32,33)29-27(3,4)5/h9-16,23,28-29H,7-8,17-18H2,1-6H3. The average molecular weight is 500 g/mol. The molecule has 0 aliphatic carbocycles. The fourth-order valence-electron chi connectivity index (χ4n) is 4.41. The van der Waals surface area contributed by atoms with Crippen LogP contribution in [0, 0.1) is 0 Å². The van der Waals surface area contributed by atoms with Gasteiger partial charge in [0.05, 0.1) is 23.6 Å². The number of hydrogen-bond acceptors (Lipinski definition) is 6. The van der Waals surface area contributed by atoms with Crippen molar-refractivity contribution >= 4 is 16.0 Å². The Hall–Kier alpha value is -2.68. The Bertz CT molecular complexity index is 1180. The van der Waals surface area contributed by atoms with Gasteiger partial charge in [-0.3, -0.25) is 0 Å². The molecule has 190 valence electrons. The van der Waals surface area contributed by atoms with Crippen molar-refractivity contribution in [2.45, 2.75) is 70.4 Å². The van der Waals surface area contributed by atoms with Crippen molar-refractivity contribution in [3.05, 3.63) is 65.4 Å². The van der Waals surface area contributed by atoms with Crippen LogP contribution in [-0.4, -0.2) is 44.6 Å². The van der Waals surface area contributed by atoms with E-state index in [0.717, 1.165) is 29.8 Å². The third kappa shape index (κ3) is 6.31. The van der Waals surface area contributed by atoms with Crippen molar-refractivity contribution in [2.24, 2.45) is 0 Å². The summed E-state index contributed by atoms with van der Waals surface area (Å²) in [6.07, 6.45) is 2.29. The highest BCUT2D eigenvalue weighted by Crippen LogP contribution is 2.30. The van der Waals surface area contributed by atoms with Gasteiger partial charge in [-0.2, -0.15) is 0 Å². The van der Waals surface area contributed by atoms with E-state index in [9.17, 15) is 13.2 Å². The number of rotatable bonds is 9. The summed E-state index contributed by atoms with van der Waals surface area (Å²) in [4.78, 5) is 12.8. The summed E-state index contributed by atoms with van der Waals surface area (Å²) >= 11 is 0. The largest absolute Gasteiger partial charge is 0.466 e. The van der Waals surface area contributed by atoms with Crippen molar-refractivity contribution in [3.8, 4) is 11.1 Å². The van der Waals surface area contributed by atoms with Crippen LogP contribution in [0.15, 0.2) is 64.7 Å². The summed E-state index contributed by atoms with van der Waals surface area (Å²) < 4.78 is 33.9. The zero-order valence-electron chi connectivity index (χ0n) is 21.5. The van der Waals surface area contributed by atoms with E-state index in [1.807, 2.05) is 64.1 Å². The van der Waals surface area contributed by atoms with Gasteiger partial charge in [0.25, 0.3) is 0 Å². The molecule has 0 amide bonds. The summed E-state index contributed by atoms with van der Waals surface area (Å²) in [5.74, 6) is -0.306. The maximum atomic E-state index is 13.1. The van der Waals surface area contributed by atoms with E-state index in [1.54, 1.807) is 12.1 Å². The quantitative estimate of drug-likeness (QED) is 0.497. The number of allylic oxidation sites excluding steroid dienone is 1. The number of sulfonamides is 1. The molecule has 1 atom stereocenters. The lowest BCUT2D eigenvalue weighted by molar-refractivity contribution is -0.136. The maximum absolute atomic E-state index is 13.1. The van der Waals surface area contributed by atoms with Gasteiger partial charge in [0.15, 0.2) is 0 Å². The lowest BCUT2D eigenvalue weighted by atomic mass is 9.96. The summed E-state index contributed by atoms with van der Waals surface area (Å²) in [5.41, 5.74) is 6.90. The highest BCUT2D eigenvalue weighted by Gasteiger charge is 2.36. The van der Waals surface area contributed by atoms with Gasteiger partial charge >= 0.3 is 5.97 Å². The van der Waals surface area contributed by atoms with Crippen LogP contribution in [0.2, 0.25) is 0 Å². The van der Waals surface area contributed by atoms with Crippen molar-refractivity contribution in [2.75, 3.05) is 13.7 Å². The molecule has 2 aromatic rings. The van der Waals surface area contributed by atoms with Crippen LogP contribution >= 0.6 is 0 Å². The van der Waals surface area contributed by atoms with E-state index < -0.39 is 15.6 Å². The Labute approximate surface area is 209 Å². The number of ether oxygens (including phenoxy) is 1. The molecule has 0 fully saturated rings. The molecule has 7 nitrogen and oxygen atoms in total. The van der Waals surface area contributed by atoms with E-state index in [4.69, 9.17) is 4.74 Å². The number of nitrogens with one attached hydrogen (secondary N) is 2. The third-order valence-corrected chi connectivity index (χ3v) is 7.66. The number of esters is 1. The Balaban J connectivity index is 1.91. The number of benzene rings is 2. The number of hydrogen-bond donors (Lipinski definition) is 2. The minimum atomic E-state index is -3.69. The van der Waals surface area contributed by atoms with Crippen molar-refractivity contribution in [1.82, 2.24) is 15.2 Å². The first kappa shape index (κ1) is 26.9. The second-order valence-corrected chi connectivity index (χ2v) is 11.5. The Kier molecular flexibility index (Phi) is 8.41. The summed E-state index contributed by atoms with van der Waals surface area (Å²) in [7, 11) is -2.28. The highest BCUT2D eigenvalue weighted by atomic mass is 32.2. The fraction of sp³-hybridized carbons (Fsp3) is 0.444. The first-order chi connectivity index (χ1) is 16.5. The van der Waals surface area contributed by atoms with Crippen LogP contribution in [-0.2, 0) is 26.0 Å². The second kappa shape index (κ2) is 10.9. The summed E-state index contributed by atoms with van der Waals surface area (Å²) in [6, 6.07) is 14.8. The highest BCUT2D eigenvalue weighted by molar-refractivity contribution is 7.89. The molecular weight excluding hydrogens is 462 g/mol. The smallest absolute Gasteiger partial charge is 0.337 e. The predicted molar refractivity (Wildman–Crippen MR) is 139 cm³/mol. The van der Waals surface area contributed by atoms with Crippen LogP contribution in [0.25, 0.3) is 11.1 Å². The molecular formula is C27H37N3O4S. The fourth-order valence-corrected chi connectivity index (χ4v) is 6.06. The molecule has 0 bridgehead atoms. The van der Waals surface area contributed by atoms with Crippen molar-refractivity contribution in [1.29, 1.82) is 0 Å². The first-order valence-electron chi connectivity index (χ1n) is 12.1. The SMILES string of the molecule is CCCN1NC(CC)=C(C(=O)OC)C1Cc1ccc(-c2ccccc2S(=O)(=O)NC(C)(C)C)cc1. The molecule has 0 aromatic heterocycles. The predicted octanol–water partition coefficient (Wildman–Crippen LogP) is 4.41. The van der Waals surface area contributed by atoms with Crippen LogP contribution in [0.4, 0.5) is 0 Å². The van der Waals surface area contributed by atoms with Crippen molar-refractivity contribution < 1.29 is 17.9 Å². The molecule has 2 aromatic carbocycles. The molecule has 2 N–H and O–H groups in total. The first-order valence-corrected chi connectivity index (χ1v) is 13.6. The summed E-state index contributed by atoms with van der Waals surface area (Å²) in [5, 5.41) is 2.11. The zero-order valence-corrected chi connectivity index (χ0v) is 22.3. The van der Waals surface area contributed by atoms with Gasteiger partial charge in [0.2, 0.25) is 10.0 Å². The molecule has 1 unspecified atom stereocenters. The molecule has 1 aliphatic rings. The van der Waals surface area contributed by atoms with Gasteiger partial charge in [-0.25, -0.2) is 22.9 Å². The number of carbonyl (C=O) groups excluding carboxylic acids is 1. The lowest BCUT2D eigenvalue weighted by Gasteiger charge is -2.26. The Morgan fingerprint density at radius 2 is 1.74 bits per heavy atom. The molecule has 8 heteroatoms. The number of nitrogens with zero attached hydrogens (tertiary/aromatic N) is 1. The number of methoxy groups -OCH3 is 1. The van der Waals surface area contributed by atoms with Crippen molar-refractivity contribution in [3.63, 3.8) is 0 Å². The molecule has 0 radical (unpaired) electrons. The molecule has 1 heterocycles. The van der Waals surface area contributed by atoms with E-state index >= 15 is 0 Å². The summed E-state index contributed by atoms with van der Waals surface area (Å²) in [6.45, 7) is 10.4. The monoisotopic (exact) mass is 499 g/mol. The van der Waals surface area contributed by atoms with Gasteiger partial charge in [-0.15, -0.1) is 0 Å². The Morgan fingerprint density at radius 3 is 2.31 bits per heavy atom. The van der Waals surface area contributed by atoms with Crippen LogP contribution in [0.3, 0.4) is 0 Å². The van der Waals surface area contributed by atoms with Crippen LogP contribution < -0.4 is 10.1 Å². The zero-order chi connectivity index (χ0) is 25.8. The molecule has 1 aliphatic heterocycles. The van der Waals surface area contributed by atoms with Gasteiger partial charge in [-0.1, -0.05) is 56.3 Å². The van der Waals surface area contributed by atoms with E-state index in [1.165, 1.54) is 7.11 Å². The maximum Gasteiger partial charge on any atom is 0.337 e. The topological polar surface area (TPSA) is 87.7 Å². The number of carbonyl (C=O) groups is 1. The van der Waals surface area contributed by atoms with Gasteiger partial charge in [-0.05, 0) is 57.2 Å². The normalized spacial score (nSPS) is 16.9.